The van der Waals surface area contributed by atoms with Gasteiger partial charge >= 0.3 is 5.97 Å². The van der Waals surface area contributed by atoms with Gasteiger partial charge in [0.25, 0.3) is 5.91 Å². The summed E-state index contributed by atoms with van der Waals surface area (Å²) < 4.78 is 12.0. The van der Waals surface area contributed by atoms with Gasteiger partial charge in [0, 0.05) is 24.5 Å². The molecule has 0 saturated heterocycles. The predicted molar refractivity (Wildman–Crippen MR) is 91.0 cm³/mol. The first-order valence-corrected chi connectivity index (χ1v) is 8.19. The number of rotatable bonds is 8. The van der Waals surface area contributed by atoms with Crippen LogP contribution in [0.5, 0.6) is 5.75 Å². The van der Waals surface area contributed by atoms with Gasteiger partial charge in [-0.1, -0.05) is 15.9 Å². The zero-order valence-electron chi connectivity index (χ0n) is 13.2. The Hall–Kier alpha value is -2.28. The van der Waals surface area contributed by atoms with E-state index < -0.39 is 5.97 Å². The number of nitrogens with zero attached hydrogens (tertiary/aromatic N) is 1. The van der Waals surface area contributed by atoms with Crippen molar-refractivity contribution >= 4 is 27.8 Å². The molecule has 1 heterocycles. The first-order chi connectivity index (χ1) is 11.5. The standard InChI is InChI=1S/C17H18BrNO5/c1-19(10-2-3-16(20)21)17(22)15-9-8-14(24-15)11-23-13-6-4-12(18)5-7-13/h4-9H,2-3,10-11H2,1H3,(H,20,21). The van der Waals surface area contributed by atoms with Crippen LogP contribution in [0.4, 0.5) is 0 Å². The normalized spacial score (nSPS) is 10.4. The van der Waals surface area contributed by atoms with E-state index in [1.165, 1.54) is 4.90 Å². The van der Waals surface area contributed by atoms with Gasteiger partial charge in [0.15, 0.2) is 5.76 Å². The topological polar surface area (TPSA) is 80.0 Å². The van der Waals surface area contributed by atoms with Gasteiger partial charge in [-0.2, -0.15) is 0 Å². The maximum absolute atomic E-state index is 12.2. The number of carbonyl (C=O) groups is 2. The molecule has 0 fully saturated rings. The van der Waals surface area contributed by atoms with Crippen molar-refractivity contribution in [2.45, 2.75) is 19.4 Å². The molecule has 0 spiro atoms. The van der Waals surface area contributed by atoms with Crippen LogP contribution in [0.1, 0.15) is 29.2 Å². The second-order valence-electron chi connectivity index (χ2n) is 5.23. The van der Waals surface area contributed by atoms with Crippen LogP contribution < -0.4 is 4.74 Å². The number of amides is 1. The molecule has 0 aliphatic carbocycles. The summed E-state index contributed by atoms with van der Waals surface area (Å²) in [6, 6.07) is 10.7. The average Bonchev–Trinajstić information content (AvgIpc) is 3.02. The number of aliphatic carboxylic acids is 1. The number of hydrogen-bond donors (Lipinski definition) is 1. The van der Waals surface area contributed by atoms with Crippen molar-refractivity contribution in [3.05, 3.63) is 52.4 Å². The molecule has 1 aromatic heterocycles. The minimum atomic E-state index is -0.874. The molecule has 1 aromatic carbocycles. The van der Waals surface area contributed by atoms with Crippen molar-refractivity contribution in [3.63, 3.8) is 0 Å². The Balaban J connectivity index is 1.86. The SMILES string of the molecule is CN(CCCC(=O)O)C(=O)c1ccc(COc2ccc(Br)cc2)o1. The lowest BCUT2D eigenvalue weighted by Crippen LogP contribution is -2.27. The summed E-state index contributed by atoms with van der Waals surface area (Å²) in [7, 11) is 1.62. The third-order valence-electron chi connectivity index (χ3n) is 3.30. The van der Waals surface area contributed by atoms with Crippen LogP contribution in [-0.2, 0) is 11.4 Å². The number of halogens is 1. The smallest absolute Gasteiger partial charge is 0.303 e. The van der Waals surface area contributed by atoms with Crippen LogP contribution in [-0.4, -0.2) is 35.5 Å². The molecule has 0 bridgehead atoms. The van der Waals surface area contributed by atoms with Gasteiger partial charge < -0.3 is 19.2 Å². The number of carboxylic acid groups (broad SMARTS) is 1. The van der Waals surface area contributed by atoms with Crippen molar-refractivity contribution in [1.29, 1.82) is 0 Å². The summed E-state index contributed by atoms with van der Waals surface area (Å²) in [5, 5.41) is 8.62. The van der Waals surface area contributed by atoms with E-state index in [0.29, 0.717) is 24.5 Å². The number of carbonyl (C=O) groups excluding carboxylic acids is 1. The third kappa shape index (κ3) is 5.42. The summed E-state index contributed by atoms with van der Waals surface area (Å²) in [4.78, 5) is 24.1. The van der Waals surface area contributed by atoms with Crippen molar-refractivity contribution in [2.24, 2.45) is 0 Å². The van der Waals surface area contributed by atoms with Crippen molar-refractivity contribution in [1.82, 2.24) is 4.90 Å². The number of carboxylic acids is 1. The highest BCUT2D eigenvalue weighted by Crippen LogP contribution is 2.18. The van der Waals surface area contributed by atoms with E-state index in [2.05, 4.69) is 15.9 Å². The van der Waals surface area contributed by atoms with Crippen LogP contribution >= 0.6 is 15.9 Å². The lowest BCUT2D eigenvalue weighted by atomic mass is 10.3. The Morgan fingerprint density at radius 2 is 1.92 bits per heavy atom. The van der Waals surface area contributed by atoms with Crippen molar-refractivity contribution in [3.8, 4) is 5.75 Å². The maximum atomic E-state index is 12.2. The fourth-order valence-corrected chi connectivity index (χ4v) is 2.28. The average molecular weight is 396 g/mol. The molecule has 2 rings (SSSR count). The van der Waals surface area contributed by atoms with Gasteiger partial charge in [-0.15, -0.1) is 0 Å². The molecule has 2 aromatic rings. The van der Waals surface area contributed by atoms with Crippen molar-refractivity contribution < 1.29 is 23.8 Å². The minimum absolute atomic E-state index is 0.0298. The minimum Gasteiger partial charge on any atom is -0.486 e. The lowest BCUT2D eigenvalue weighted by molar-refractivity contribution is -0.137. The lowest BCUT2D eigenvalue weighted by Gasteiger charge is -2.14. The monoisotopic (exact) mass is 395 g/mol. The Morgan fingerprint density at radius 3 is 2.58 bits per heavy atom. The quantitative estimate of drug-likeness (QED) is 0.738. The first-order valence-electron chi connectivity index (χ1n) is 7.40. The van der Waals surface area contributed by atoms with E-state index >= 15 is 0 Å². The highest BCUT2D eigenvalue weighted by Gasteiger charge is 2.16. The molecule has 0 atom stereocenters. The second-order valence-corrected chi connectivity index (χ2v) is 6.15. The fraction of sp³-hybridized carbons (Fsp3) is 0.294. The molecule has 0 saturated carbocycles. The molecule has 6 nitrogen and oxygen atoms in total. The van der Waals surface area contributed by atoms with E-state index in [-0.39, 0.29) is 24.7 Å². The third-order valence-corrected chi connectivity index (χ3v) is 3.83. The Labute approximate surface area is 148 Å². The largest absolute Gasteiger partial charge is 0.486 e. The maximum Gasteiger partial charge on any atom is 0.303 e. The molecular formula is C17H18BrNO5. The predicted octanol–water partition coefficient (Wildman–Crippen LogP) is 3.56. The Kier molecular flexibility index (Phi) is 6.43. The number of hydrogen-bond acceptors (Lipinski definition) is 4. The summed E-state index contributed by atoms with van der Waals surface area (Å²) in [6.45, 7) is 0.578. The molecule has 128 valence electrons. The van der Waals surface area contributed by atoms with Gasteiger partial charge in [0.05, 0.1) is 0 Å². The van der Waals surface area contributed by atoms with Crippen LogP contribution in [0.3, 0.4) is 0 Å². The summed E-state index contributed by atoms with van der Waals surface area (Å²) in [6.07, 6.45) is 0.430. The van der Waals surface area contributed by atoms with E-state index in [9.17, 15) is 9.59 Å². The molecule has 0 aliphatic rings. The van der Waals surface area contributed by atoms with Gasteiger partial charge in [0.2, 0.25) is 0 Å². The van der Waals surface area contributed by atoms with Crippen LogP contribution in [0.25, 0.3) is 0 Å². The van der Waals surface area contributed by atoms with Gasteiger partial charge in [0.1, 0.15) is 18.1 Å². The molecule has 0 aliphatic heterocycles. The Morgan fingerprint density at radius 1 is 1.21 bits per heavy atom. The van der Waals surface area contributed by atoms with E-state index in [0.717, 1.165) is 4.47 Å². The van der Waals surface area contributed by atoms with Crippen molar-refractivity contribution in [2.75, 3.05) is 13.6 Å². The first kappa shape index (κ1) is 18.1. The second kappa shape index (κ2) is 8.54. The zero-order valence-corrected chi connectivity index (χ0v) is 14.8. The van der Waals surface area contributed by atoms with Gasteiger partial charge in [-0.25, -0.2) is 0 Å². The number of furan rings is 1. The highest BCUT2D eigenvalue weighted by atomic mass is 79.9. The molecule has 0 radical (unpaired) electrons. The number of benzene rings is 1. The van der Waals surface area contributed by atoms with E-state index in [4.69, 9.17) is 14.3 Å². The molecule has 1 amide bonds. The summed E-state index contributed by atoms with van der Waals surface area (Å²) >= 11 is 3.35. The zero-order chi connectivity index (χ0) is 17.5. The molecular weight excluding hydrogens is 378 g/mol. The van der Waals surface area contributed by atoms with Crippen LogP contribution in [0.2, 0.25) is 0 Å². The fourth-order valence-electron chi connectivity index (χ4n) is 2.01. The van der Waals surface area contributed by atoms with E-state index in [1.54, 1.807) is 19.2 Å². The van der Waals surface area contributed by atoms with Crippen LogP contribution in [0, 0.1) is 0 Å². The number of ether oxygens (including phenoxy) is 1. The Bertz CT molecular complexity index is 695. The summed E-state index contributed by atoms with van der Waals surface area (Å²) in [5.41, 5.74) is 0. The molecule has 0 unspecified atom stereocenters. The molecule has 7 heteroatoms. The summed E-state index contributed by atoms with van der Waals surface area (Å²) in [5.74, 6) is 0.298. The van der Waals surface area contributed by atoms with Gasteiger partial charge in [-0.3, -0.25) is 9.59 Å². The van der Waals surface area contributed by atoms with Gasteiger partial charge in [-0.05, 0) is 42.8 Å². The molecule has 24 heavy (non-hydrogen) atoms. The molecule has 1 N–H and O–H groups in total. The highest BCUT2D eigenvalue weighted by molar-refractivity contribution is 9.10. The van der Waals surface area contributed by atoms with E-state index in [1.807, 2.05) is 24.3 Å². The van der Waals surface area contributed by atoms with Crippen LogP contribution in [0.15, 0.2) is 45.3 Å².